The summed E-state index contributed by atoms with van der Waals surface area (Å²) in [5.74, 6) is 0.331. The first-order valence-electron chi connectivity index (χ1n) is 8.69. The van der Waals surface area contributed by atoms with E-state index in [1.54, 1.807) is 14.0 Å². The van der Waals surface area contributed by atoms with Crippen LogP contribution in [0.3, 0.4) is 0 Å². The van der Waals surface area contributed by atoms with E-state index in [0.717, 1.165) is 27.7 Å². The smallest absolute Gasteiger partial charge is 0.310 e. The number of hydrogen-bond donors (Lipinski definition) is 0. The normalized spacial score (nSPS) is 11.0. The predicted molar refractivity (Wildman–Crippen MR) is 109 cm³/mol. The maximum absolute atomic E-state index is 12.1. The topological polar surface area (TPSA) is 40.5 Å². The summed E-state index contributed by atoms with van der Waals surface area (Å²) in [6.45, 7) is 4.81. The van der Waals surface area contributed by atoms with Crippen molar-refractivity contribution in [2.24, 2.45) is 0 Å². The number of rotatable bonds is 6. The highest BCUT2D eigenvalue weighted by Crippen LogP contribution is 2.35. The Labute approximate surface area is 168 Å². The zero-order chi connectivity index (χ0) is 19.6. The number of nitrogens with zero attached hydrogens (tertiary/aromatic N) is 1. The van der Waals surface area contributed by atoms with Crippen LogP contribution in [0.2, 0.25) is 10.0 Å². The standard InChI is InChI=1S/C21H21Cl2NO3/c1-4-27-21(25)10-16-13(2)24(12-14-5-7-15(22)8-6-14)19-11-18(23)20(26-3)9-17(16)19/h5-9,11H,4,10,12H2,1-3H3. The van der Waals surface area contributed by atoms with Gasteiger partial charge in [0.15, 0.2) is 0 Å². The van der Waals surface area contributed by atoms with Gasteiger partial charge in [-0.05, 0) is 49.2 Å². The van der Waals surface area contributed by atoms with E-state index in [-0.39, 0.29) is 12.4 Å². The molecule has 0 saturated heterocycles. The van der Waals surface area contributed by atoms with E-state index in [1.165, 1.54) is 0 Å². The minimum absolute atomic E-state index is 0.203. The second-order valence-corrected chi connectivity index (χ2v) is 7.11. The fraction of sp³-hybridized carbons (Fsp3) is 0.286. The summed E-state index contributed by atoms with van der Waals surface area (Å²) in [7, 11) is 1.58. The van der Waals surface area contributed by atoms with Crippen LogP contribution in [0.25, 0.3) is 10.9 Å². The molecule has 1 aromatic heterocycles. The number of carbonyl (C=O) groups excluding carboxylic acids is 1. The van der Waals surface area contributed by atoms with Gasteiger partial charge in [0.25, 0.3) is 0 Å². The minimum Gasteiger partial charge on any atom is -0.495 e. The number of halogens is 2. The lowest BCUT2D eigenvalue weighted by atomic mass is 10.1. The third-order valence-electron chi connectivity index (χ3n) is 4.61. The van der Waals surface area contributed by atoms with Gasteiger partial charge in [-0.1, -0.05) is 35.3 Å². The van der Waals surface area contributed by atoms with Gasteiger partial charge in [-0.25, -0.2) is 0 Å². The molecule has 142 valence electrons. The Bertz CT molecular complexity index is 977. The molecule has 3 rings (SSSR count). The molecular formula is C21H21Cl2NO3. The fourth-order valence-corrected chi connectivity index (χ4v) is 3.62. The van der Waals surface area contributed by atoms with Crippen molar-refractivity contribution in [2.45, 2.75) is 26.8 Å². The van der Waals surface area contributed by atoms with Gasteiger partial charge in [-0.3, -0.25) is 4.79 Å². The molecule has 0 bridgehead atoms. The van der Waals surface area contributed by atoms with Crippen LogP contribution in [0.5, 0.6) is 5.75 Å². The van der Waals surface area contributed by atoms with Crippen molar-refractivity contribution in [3.05, 3.63) is 63.3 Å². The Hall–Kier alpha value is -2.17. The number of aromatic nitrogens is 1. The van der Waals surface area contributed by atoms with Crippen LogP contribution in [0, 0.1) is 6.92 Å². The largest absolute Gasteiger partial charge is 0.495 e. The lowest BCUT2D eigenvalue weighted by Gasteiger charge is -2.10. The number of methoxy groups -OCH3 is 1. The van der Waals surface area contributed by atoms with E-state index in [9.17, 15) is 4.79 Å². The highest BCUT2D eigenvalue weighted by molar-refractivity contribution is 6.33. The summed E-state index contributed by atoms with van der Waals surface area (Å²) in [6, 6.07) is 11.5. The summed E-state index contributed by atoms with van der Waals surface area (Å²) in [5.41, 5.74) is 3.98. The second kappa shape index (κ2) is 8.24. The van der Waals surface area contributed by atoms with Crippen molar-refractivity contribution in [1.29, 1.82) is 0 Å². The summed E-state index contributed by atoms with van der Waals surface area (Å²) < 4.78 is 12.7. The van der Waals surface area contributed by atoms with Gasteiger partial charge in [0.2, 0.25) is 0 Å². The van der Waals surface area contributed by atoms with Gasteiger partial charge in [-0.15, -0.1) is 0 Å². The number of ether oxygens (including phenoxy) is 2. The van der Waals surface area contributed by atoms with Gasteiger partial charge >= 0.3 is 5.97 Å². The Balaban J connectivity index is 2.13. The van der Waals surface area contributed by atoms with Crippen molar-refractivity contribution in [2.75, 3.05) is 13.7 Å². The van der Waals surface area contributed by atoms with Crippen LogP contribution in [0.1, 0.15) is 23.7 Å². The highest BCUT2D eigenvalue weighted by atomic mass is 35.5. The van der Waals surface area contributed by atoms with Crippen molar-refractivity contribution in [3.63, 3.8) is 0 Å². The average Bonchev–Trinajstić information content (AvgIpc) is 2.88. The number of hydrogen-bond acceptors (Lipinski definition) is 3. The number of esters is 1. The van der Waals surface area contributed by atoms with E-state index < -0.39 is 0 Å². The molecule has 0 atom stereocenters. The molecule has 0 amide bonds. The maximum atomic E-state index is 12.1. The molecule has 2 aromatic carbocycles. The summed E-state index contributed by atoms with van der Waals surface area (Å²) in [4.78, 5) is 12.1. The van der Waals surface area contributed by atoms with Crippen molar-refractivity contribution >= 4 is 40.1 Å². The number of fused-ring (bicyclic) bond motifs is 1. The molecule has 3 aromatic rings. The van der Waals surface area contributed by atoms with Crippen LogP contribution in [0.15, 0.2) is 36.4 Å². The zero-order valence-corrected chi connectivity index (χ0v) is 17.0. The number of benzene rings is 2. The molecule has 0 spiro atoms. The second-order valence-electron chi connectivity index (χ2n) is 6.26. The van der Waals surface area contributed by atoms with Crippen LogP contribution in [-0.2, 0) is 22.5 Å². The van der Waals surface area contributed by atoms with Crippen molar-refractivity contribution < 1.29 is 14.3 Å². The maximum Gasteiger partial charge on any atom is 0.310 e. The zero-order valence-electron chi connectivity index (χ0n) is 15.5. The molecule has 0 N–H and O–H groups in total. The van der Waals surface area contributed by atoms with Crippen LogP contribution in [-0.4, -0.2) is 24.3 Å². The Kier molecular flexibility index (Phi) is 5.98. The van der Waals surface area contributed by atoms with E-state index in [4.69, 9.17) is 32.7 Å². The molecule has 4 nitrogen and oxygen atoms in total. The van der Waals surface area contributed by atoms with Crippen molar-refractivity contribution in [3.8, 4) is 5.75 Å². The molecule has 0 radical (unpaired) electrons. The Morgan fingerprint density at radius 1 is 1.15 bits per heavy atom. The van der Waals surface area contributed by atoms with E-state index in [1.807, 2.05) is 43.3 Å². The minimum atomic E-state index is -0.250. The fourth-order valence-electron chi connectivity index (χ4n) is 3.26. The summed E-state index contributed by atoms with van der Waals surface area (Å²) in [6.07, 6.45) is 0.203. The van der Waals surface area contributed by atoms with Crippen LogP contribution < -0.4 is 4.74 Å². The molecule has 0 fully saturated rings. The third kappa shape index (κ3) is 4.07. The SMILES string of the molecule is CCOC(=O)Cc1c(C)n(Cc2ccc(Cl)cc2)c2cc(Cl)c(OC)cc12. The molecule has 0 unspecified atom stereocenters. The third-order valence-corrected chi connectivity index (χ3v) is 5.16. The molecule has 6 heteroatoms. The van der Waals surface area contributed by atoms with Gasteiger partial charge in [0, 0.05) is 22.6 Å². The Morgan fingerprint density at radius 3 is 2.48 bits per heavy atom. The van der Waals surface area contributed by atoms with Gasteiger partial charge in [0.05, 0.1) is 30.7 Å². The van der Waals surface area contributed by atoms with E-state index in [0.29, 0.717) is 28.9 Å². The molecule has 0 saturated carbocycles. The quantitative estimate of drug-likeness (QED) is 0.514. The lowest BCUT2D eigenvalue weighted by Crippen LogP contribution is -2.09. The van der Waals surface area contributed by atoms with E-state index >= 15 is 0 Å². The lowest BCUT2D eigenvalue weighted by molar-refractivity contribution is -0.142. The van der Waals surface area contributed by atoms with Gasteiger partial charge in [0.1, 0.15) is 5.75 Å². The highest BCUT2D eigenvalue weighted by Gasteiger charge is 2.19. The molecule has 0 aliphatic carbocycles. The van der Waals surface area contributed by atoms with Crippen LogP contribution in [0.4, 0.5) is 0 Å². The predicted octanol–water partition coefficient (Wildman–Crippen LogP) is 5.42. The first-order chi connectivity index (χ1) is 12.9. The molecule has 0 aliphatic rings. The van der Waals surface area contributed by atoms with Gasteiger partial charge < -0.3 is 14.0 Å². The average molecular weight is 406 g/mol. The molecule has 0 aliphatic heterocycles. The first kappa shape index (κ1) is 19.6. The first-order valence-corrected chi connectivity index (χ1v) is 9.45. The van der Waals surface area contributed by atoms with Gasteiger partial charge in [-0.2, -0.15) is 0 Å². The Morgan fingerprint density at radius 2 is 1.85 bits per heavy atom. The number of carbonyl (C=O) groups is 1. The monoisotopic (exact) mass is 405 g/mol. The summed E-state index contributed by atoms with van der Waals surface area (Å²) in [5, 5.41) is 2.17. The van der Waals surface area contributed by atoms with Crippen LogP contribution >= 0.6 is 23.2 Å². The van der Waals surface area contributed by atoms with E-state index in [2.05, 4.69) is 4.57 Å². The molecular weight excluding hydrogens is 385 g/mol. The molecule has 1 heterocycles. The molecule has 27 heavy (non-hydrogen) atoms. The van der Waals surface area contributed by atoms with Crippen molar-refractivity contribution in [1.82, 2.24) is 4.57 Å². The summed E-state index contributed by atoms with van der Waals surface area (Å²) >= 11 is 12.4.